The van der Waals surface area contributed by atoms with Crippen LogP contribution < -0.4 is 5.73 Å². The molecule has 1 heterocycles. The summed E-state index contributed by atoms with van der Waals surface area (Å²) in [4.78, 5) is 3.07. The average Bonchev–Trinajstić information content (AvgIpc) is 2.30. The first-order valence-electron chi connectivity index (χ1n) is 4.15. The molecule has 0 aliphatic heterocycles. The van der Waals surface area contributed by atoms with Crippen molar-refractivity contribution in [2.45, 2.75) is 26.4 Å². The van der Waals surface area contributed by atoms with Gasteiger partial charge in [0.1, 0.15) is 6.17 Å². The van der Waals surface area contributed by atoms with Gasteiger partial charge in [0, 0.05) is 17.0 Å². The summed E-state index contributed by atoms with van der Waals surface area (Å²) < 4.78 is 13.3. The molecular weight excluding hydrogens is 155 g/mol. The molecule has 3 heteroatoms. The van der Waals surface area contributed by atoms with Crippen molar-refractivity contribution in [3.8, 4) is 0 Å². The van der Waals surface area contributed by atoms with Gasteiger partial charge in [-0.25, -0.2) is 4.39 Å². The predicted molar refractivity (Wildman–Crippen MR) is 47.8 cm³/mol. The molecule has 0 radical (unpaired) electrons. The number of halogens is 1. The number of H-pyrrole nitrogens is 1. The lowest BCUT2D eigenvalue weighted by Gasteiger charge is -2.04. The Balaban J connectivity index is 2.79. The number of nitrogens with two attached hydrogens (primary N) is 1. The molecule has 0 aliphatic carbocycles. The van der Waals surface area contributed by atoms with Gasteiger partial charge in [0.05, 0.1) is 0 Å². The van der Waals surface area contributed by atoms with Gasteiger partial charge in [-0.15, -0.1) is 0 Å². The lowest BCUT2D eigenvalue weighted by Crippen LogP contribution is -2.03. The molecule has 0 saturated heterocycles. The van der Waals surface area contributed by atoms with E-state index < -0.39 is 6.17 Å². The van der Waals surface area contributed by atoms with Crippen LogP contribution >= 0.6 is 0 Å². The van der Waals surface area contributed by atoms with Crippen LogP contribution in [0, 0.1) is 13.8 Å². The molecule has 0 fully saturated rings. The molecule has 68 valence electrons. The van der Waals surface area contributed by atoms with Crippen LogP contribution in [0.5, 0.6) is 0 Å². The molecule has 3 N–H and O–H groups in total. The molecule has 1 rings (SSSR count). The number of aromatic nitrogens is 1. The molecule has 2 nitrogen and oxygen atoms in total. The number of alkyl halides is 1. The molecule has 1 aromatic rings. The van der Waals surface area contributed by atoms with Gasteiger partial charge >= 0.3 is 0 Å². The van der Waals surface area contributed by atoms with Crippen molar-refractivity contribution in [2.75, 3.05) is 6.54 Å². The maximum absolute atomic E-state index is 13.3. The van der Waals surface area contributed by atoms with Crippen molar-refractivity contribution in [1.29, 1.82) is 0 Å². The quantitative estimate of drug-likeness (QED) is 0.715. The summed E-state index contributed by atoms with van der Waals surface area (Å²) in [7, 11) is 0. The third-order valence-electron chi connectivity index (χ3n) is 1.95. The predicted octanol–water partition coefficient (Wildman–Crippen LogP) is 1.99. The highest BCUT2D eigenvalue weighted by Crippen LogP contribution is 2.24. The molecule has 1 aromatic heterocycles. The Morgan fingerprint density at radius 1 is 1.58 bits per heavy atom. The van der Waals surface area contributed by atoms with Crippen LogP contribution in [-0.4, -0.2) is 11.5 Å². The smallest absolute Gasteiger partial charge is 0.128 e. The van der Waals surface area contributed by atoms with Gasteiger partial charge in [0.15, 0.2) is 0 Å². The molecule has 0 spiro atoms. The van der Waals surface area contributed by atoms with Crippen LogP contribution in [0.15, 0.2) is 6.07 Å². The summed E-state index contributed by atoms with van der Waals surface area (Å²) in [5.74, 6) is 0. The van der Waals surface area contributed by atoms with Gasteiger partial charge in [-0.05, 0) is 32.9 Å². The normalized spacial score (nSPS) is 13.3. The van der Waals surface area contributed by atoms with Gasteiger partial charge in [-0.1, -0.05) is 0 Å². The van der Waals surface area contributed by atoms with Crippen LogP contribution in [0.25, 0.3) is 0 Å². The van der Waals surface area contributed by atoms with Crippen LogP contribution in [0.3, 0.4) is 0 Å². The number of aryl methyl sites for hydroxylation is 2. The maximum Gasteiger partial charge on any atom is 0.128 e. The van der Waals surface area contributed by atoms with Crippen molar-refractivity contribution in [3.05, 3.63) is 23.0 Å². The molecule has 0 amide bonds. The van der Waals surface area contributed by atoms with Crippen LogP contribution in [0.2, 0.25) is 0 Å². The lowest BCUT2D eigenvalue weighted by atomic mass is 10.1. The second-order valence-corrected chi connectivity index (χ2v) is 3.08. The van der Waals surface area contributed by atoms with E-state index in [1.807, 2.05) is 19.9 Å². The van der Waals surface area contributed by atoms with E-state index in [4.69, 9.17) is 5.73 Å². The molecule has 12 heavy (non-hydrogen) atoms. The fourth-order valence-electron chi connectivity index (χ4n) is 1.37. The summed E-state index contributed by atoms with van der Waals surface area (Å²) in [6, 6.07) is 1.84. The van der Waals surface area contributed by atoms with Crippen molar-refractivity contribution in [1.82, 2.24) is 4.98 Å². The minimum absolute atomic E-state index is 0.394. The largest absolute Gasteiger partial charge is 0.362 e. The minimum Gasteiger partial charge on any atom is -0.362 e. The fraction of sp³-hybridized carbons (Fsp3) is 0.556. The summed E-state index contributed by atoms with van der Waals surface area (Å²) in [5.41, 5.74) is 7.93. The van der Waals surface area contributed by atoms with E-state index in [1.54, 1.807) is 0 Å². The lowest BCUT2D eigenvalue weighted by molar-refractivity contribution is 0.326. The zero-order chi connectivity index (χ0) is 9.14. The molecule has 0 bridgehead atoms. The summed E-state index contributed by atoms with van der Waals surface area (Å²) in [6.07, 6.45) is -0.516. The first-order valence-corrected chi connectivity index (χ1v) is 4.15. The van der Waals surface area contributed by atoms with Crippen LogP contribution in [0.4, 0.5) is 4.39 Å². The second-order valence-electron chi connectivity index (χ2n) is 3.08. The number of aromatic amines is 1. The zero-order valence-electron chi connectivity index (χ0n) is 7.52. The zero-order valence-corrected chi connectivity index (χ0v) is 7.52. The Morgan fingerprint density at radius 3 is 2.67 bits per heavy atom. The van der Waals surface area contributed by atoms with Gasteiger partial charge in [-0.3, -0.25) is 0 Å². The maximum atomic E-state index is 13.3. The van der Waals surface area contributed by atoms with Gasteiger partial charge in [0.25, 0.3) is 0 Å². The fourth-order valence-corrected chi connectivity index (χ4v) is 1.37. The second kappa shape index (κ2) is 3.72. The van der Waals surface area contributed by atoms with E-state index >= 15 is 0 Å². The summed E-state index contributed by atoms with van der Waals surface area (Å²) >= 11 is 0. The molecule has 0 aromatic carbocycles. The highest BCUT2D eigenvalue weighted by atomic mass is 19.1. The monoisotopic (exact) mass is 170 g/mol. The van der Waals surface area contributed by atoms with E-state index in [9.17, 15) is 4.39 Å². The molecule has 0 saturated carbocycles. The Hall–Kier alpha value is -0.830. The standard InChI is InChI=1S/C9H15FN2/c1-6-5-8(7(2)12-6)9(10)3-4-11/h5,9,12H,3-4,11H2,1-2H3. The number of hydrogen-bond acceptors (Lipinski definition) is 1. The first-order chi connectivity index (χ1) is 5.65. The molecule has 1 unspecified atom stereocenters. The van der Waals surface area contributed by atoms with Crippen molar-refractivity contribution in [2.24, 2.45) is 5.73 Å². The molecular formula is C9H15FN2. The number of hydrogen-bond donors (Lipinski definition) is 2. The van der Waals surface area contributed by atoms with E-state index in [0.29, 0.717) is 13.0 Å². The van der Waals surface area contributed by atoms with E-state index in [-0.39, 0.29) is 0 Å². The Bertz CT molecular complexity index is 255. The van der Waals surface area contributed by atoms with E-state index in [1.165, 1.54) is 0 Å². The number of nitrogens with one attached hydrogen (secondary N) is 1. The summed E-state index contributed by atoms with van der Waals surface area (Å²) in [6.45, 7) is 4.20. The Labute approximate surface area is 72.0 Å². The van der Waals surface area contributed by atoms with Crippen LogP contribution in [0.1, 0.15) is 29.5 Å². The van der Waals surface area contributed by atoms with E-state index in [2.05, 4.69) is 4.98 Å². The van der Waals surface area contributed by atoms with Gasteiger partial charge < -0.3 is 10.7 Å². The van der Waals surface area contributed by atoms with Crippen molar-refractivity contribution >= 4 is 0 Å². The first kappa shape index (κ1) is 9.26. The SMILES string of the molecule is Cc1cc(C(F)CCN)c(C)[nH]1. The van der Waals surface area contributed by atoms with Crippen LogP contribution in [-0.2, 0) is 0 Å². The van der Waals surface area contributed by atoms with E-state index in [0.717, 1.165) is 17.0 Å². The van der Waals surface area contributed by atoms with Gasteiger partial charge in [-0.2, -0.15) is 0 Å². The van der Waals surface area contributed by atoms with Crippen molar-refractivity contribution in [3.63, 3.8) is 0 Å². The molecule has 0 aliphatic rings. The topological polar surface area (TPSA) is 41.8 Å². The Kier molecular flexibility index (Phi) is 2.87. The summed E-state index contributed by atoms with van der Waals surface area (Å²) in [5, 5.41) is 0. The van der Waals surface area contributed by atoms with Crippen molar-refractivity contribution < 1.29 is 4.39 Å². The highest BCUT2D eigenvalue weighted by molar-refractivity contribution is 5.26. The third-order valence-corrected chi connectivity index (χ3v) is 1.95. The third kappa shape index (κ3) is 1.85. The molecule has 1 atom stereocenters. The van der Waals surface area contributed by atoms with Gasteiger partial charge in [0.2, 0.25) is 0 Å². The number of rotatable bonds is 3. The average molecular weight is 170 g/mol. The Morgan fingerprint density at radius 2 is 2.25 bits per heavy atom. The minimum atomic E-state index is -0.917. The highest BCUT2D eigenvalue weighted by Gasteiger charge is 2.12.